The molecule has 0 aliphatic heterocycles. The summed E-state index contributed by atoms with van der Waals surface area (Å²) in [6.45, 7) is -0.469. The molecule has 3 rings (SSSR count). The second kappa shape index (κ2) is 10.6. The first-order valence-corrected chi connectivity index (χ1v) is 14.2. The Labute approximate surface area is 204 Å². The number of hydrogen-bond donors (Lipinski definition) is 1. The van der Waals surface area contributed by atoms with Gasteiger partial charge in [0, 0.05) is 23.9 Å². The molecule has 0 unspecified atom stereocenters. The predicted molar refractivity (Wildman–Crippen MR) is 135 cm³/mol. The van der Waals surface area contributed by atoms with E-state index in [1.165, 1.54) is 50.1 Å². The summed E-state index contributed by atoms with van der Waals surface area (Å²) in [5.41, 5.74) is 0.740. The summed E-state index contributed by atoms with van der Waals surface area (Å²) in [6.07, 6.45) is 0.990. The highest BCUT2D eigenvalue weighted by Gasteiger charge is 2.23. The van der Waals surface area contributed by atoms with Gasteiger partial charge in [-0.05, 0) is 48.5 Å². The molecule has 1 N–H and O–H groups in total. The van der Waals surface area contributed by atoms with Gasteiger partial charge < -0.3 is 5.32 Å². The molecule has 0 atom stereocenters. The molecule has 0 heterocycles. The molecule has 0 aromatic heterocycles. The van der Waals surface area contributed by atoms with E-state index in [0.717, 1.165) is 24.7 Å². The van der Waals surface area contributed by atoms with Crippen molar-refractivity contribution in [3.8, 4) is 0 Å². The van der Waals surface area contributed by atoms with Gasteiger partial charge in [-0.15, -0.1) is 0 Å². The highest BCUT2D eigenvalue weighted by molar-refractivity contribution is 7.99. The number of carbonyl (C=O) groups excluding carboxylic acids is 1. The first-order chi connectivity index (χ1) is 16.0. The van der Waals surface area contributed by atoms with Crippen molar-refractivity contribution in [2.75, 3.05) is 36.5 Å². The number of anilines is 2. The van der Waals surface area contributed by atoms with Crippen molar-refractivity contribution in [3.05, 3.63) is 78.9 Å². The first kappa shape index (κ1) is 25.8. The third kappa shape index (κ3) is 6.38. The molecule has 0 saturated carbocycles. The zero-order valence-electron chi connectivity index (χ0n) is 18.9. The van der Waals surface area contributed by atoms with Crippen LogP contribution in [0.15, 0.2) is 93.5 Å². The fourth-order valence-corrected chi connectivity index (χ4v) is 5.67. The van der Waals surface area contributed by atoms with Crippen LogP contribution in [0.4, 0.5) is 11.4 Å². The minimum Gasteiger partial charge on any atom is -0.323 e. The molecule has 11 heteroatoms. The molecule has 3 aromatic carbocycles. The molecule has 34 heavy (non-hydrogen) atoms. The van der Waals surface area contributed by atoms with Crippen molar-refractivity contribution in [2.24, 2.45) is 0 Å². The van der Waals surface area contributed by atoms with Crippen molar-refractivity contribution in [1.29, 1.82) is 0 Å². The third-order valence-corrected chi connectivity index (χ3v) is 8.78. The molecule has 0 spiro atoms. The maximum Gasteiger partial charge on any atom is 0.245 e. The average molecular weight is 520 g/mol. The highest BCUT2D eigenvalue weighted by Crippen LogP contribution is 2.33. The Bertz CT molecular complexity index is 1360. The highest BCUT2D eigenvalue weighted by atomic mass is 32.2. The molecule has 0 fully saturated rings. The van der Waals surface area contributed by atoms with Gasteiger partial charge in [-0.2, -0.15) is 0 Å². The number of nitrogens with zero attached hydrogens (tertiary/aromatic N) is 2. The molecule has 1 amide bonds. The van der Waals surface area contributed by atoms with E-state index in [9.17, 15) is 21.6 Å². The van der Waals surface area contributed by atoms with Gasteiger partial charge in [0.25, 0.3) is 0 Å². The van der Waals surface area contributed by atoms with E-state index < -0.39 is 32.5 Å². The van der Waals surface area contributed by atoms with E-state index in [0.29, 0.717) is 5.69 Å². The standard InChI is InChI=1S/C23H25N3O5S3/c1-25(2)34(30,31)20-15-13-18(14-16-20)26(33(3,28)29)17-23(27)24-21-11-7-8-12-22(21)32-19-9-5-4-6-10-19/h4-16H,17H2,1-3H3,(H,24,27). The van der Waals surface area contributed by atoms with Gasteiger partial charge in [-0.3, -0.25) is 9.10 Å². The summed E-state index contributed by atoms with van der Waals surface area (Å²) in [6, 6.07) is 22.3. The van der Waals surface area contributed by atoms with E-state index in [2.05, 4.69) is 5.32 Å². The minimum absolute atomic E-state index is 0.0195. The Kier molecular flexibility index (Phi) is 8.03. The summed E-state index contributed by atoms with van der Waals surface area (Å²) in [7, 11) is -4.67. The van der Waals surface area contributed by atoms with Crippen LogP contribution in [-0.4, -0.2) is 53.9 Å². The number of sulfonamides is 2. The molecular formula is C23H25N3O5S3. The fourth-order valence-electron chi connectivity index (χ4n) is 2.99. The zero-order valence-corrected chi connectivity index (χ0v) is 21.3. The van der Waals surface area contributed by atoms with Crippen LogP contribution >= 0.6 is 11.8 Å². The maximum atomic E-state index is 12.8. The summed E-state index contributed by atoms with van der Waals surface area (Å²) >= 11 is 1.48. The van der Waals surface area contributed by atoms with Gasteiger partial charge in [0.1, 0.15) is 6.54 Å². The first-order valence-electron chi connectivity index (χ1n) is 10.1. The van der Waals surface area contributed by atoms with Gasteiger partial charge in [0.05, 0.1) is 22.5 Å². The molecule has 0 bridgehead atoms. The van der Waals surface area contributed by atoms with E-state index in [1.54, 1.807) is 12.1 Å². The number of carbonyl (C=O) groups is 1. The van der Waals surface area contributed by atoms with Crippen LogP contribution in [0.2, 0.25) is 0 Å². The van der Waals surface area contributed by atoms with Crippen LogP contribution in [0.5, 0.6) is 0 Å². The minimum atomic E-state index is -3.82. The molecular weight excluding hydrogens is 494 g/mol. The monoisotopic (exact) mass is 519 g/mol. The zero-order chi connectivity index (χ0) is 24.9. The van der Waals surface area contributed by atoms with E-state index in [1.807, 2.05) is 42.5 Å². The van der Waals surface area contributed by atoms with Gasteiger partial charge >= 0.3 is 0 Å². The largest absolute Gasteiger partial charge is 0.323 e. The Morgan fingerprint density at radius 3 is 2.03 bits per heavy atom. The average Bonchev–Trinajstić information content (AvgIpc) is 2.79. The molecule has 0 aliphatic rings. The molecule has 180 valence electrons. The topological polar surface area (TPSA) is 104 Å². The predicted octanol–water partition coefficient (Wildman–Crippen LogP) is 3.49. The molecule has 8 nitrogen and oxygen atoms in total. The number of amides is 1. The Morgan fingerprint density at radius 2 is 1.44 bits per heavy atom. The van der Waals surface area contributed by atoms with Crippen molar-refractivity contribution in [1.82, 2.24) is 4.31 Å². The van der Waals surface area contributed by atoms with Crippen molar-refractivity contribution in [3.63, 3.8) is 0 Å². The smallest absolute Gasteiger partial charge is 0.245 e. The van der Waals surface area contributed by atoms with Crippen LogP contribution in [0.3, 0.4) is 0 Å². The summed E-state index contributed by atoms with van der Waals surface area (Å²) in [5.74, 6) is -0.531. The van der Waals surface area contributed by atoms with Gasteiger partial charge in [-0.1, -0.05) is 42.1 Å². The number of benzene rings is 3. The van der Waals surface area contributed by atoms with E-state index in [4.69, 9.17) is 0 Å². The van der Waals surface area contributed by atoms with Crippen molar-refractivity contribution in [2.45, 2.75) is 14.7 Å². The number of hydrogen-bond acceptors (Lipinski definition) is 6. The molecule has 0 radical (unpaired) electrons. The summed E-state index contributed by atoms with van der Waals surface area (Å²) in [4.78, 5) is 14.7. The molecule has 0 aliphatic carbocycles. The van der Waals surface area contributed by atoms with Gasteiger partial charge in [-0.25, -0.2) is 21.1 Å². The summed E-state index contributed by atoms with van der Waals surface area (Å²) < 4.78 is 51.4. The fraction of sp³-hybridized carbons (Fsp3) is 0.174. The number of para-hydroxylation sites is 1. The van der Waals surface area contributed by atoms with E-state index >= 15 is 0 Å². The second-order valence-corrected chi connectivity index (χ2v) is 12.7. The van der Waals surface area contributed by atoms with Crippen molar-refractivity contribution >= 4 is 49.1 Å². The Balaban J connectivity index is 1.81. The van der Waals surface area contributed by atoms with Crippen LogP contribution in [-0.2, 0) is 24.8 Å². The number of rotatable bonds is 9. The summed E-state index contributed by atoms with van der Waals surface area (Å²) in [5, 5.41) is 2.79. The lowest BCUT2D eigenvalue weighted by Gasteiger charge is -2.22. The van der Waals surface area contributed by atoms with Crippen LogP contribution in [0, 0.1) is 0 Å². The van der Waals surface area contributed by atoms with Crippen LogP contribution in [0.25, 0.3) is 0 Å². The van der Waals surface area contributed by atoms with Crippen LogP contribution in [0.1, 0.15) is 0 Å². The maximum absolute atomic E-state index is 12.8. The second-order valence-electron chi connectivity index (χ2n) is 7.51. The lowest BCUT2D eigenvalue weighted by atomic mass is 10.3. The number of nitrogens with one attached hydrogen (secondary N) is 1. The van der Waals surface area contributed by atoms with Crippen LogP contribution < -0.4 is 9.62 Å². The Hall–Kier alpha value is -2.86. The van der Waals surface area contributed by atoms with Crippen molar-refractivity contribution < 1.29 is 21.6 Å². The third-order valence-electron chi connectivity index (χ3n) is 4.72. The normalized spacial score (nSPS) is 11.9. The Morgan fingerprint density at radius 1 is 0.853 bits per heavy atom. The lowest BCUT2D eigenvalue weighted by molar-refractivity contribution is -0.114. The lowest BCUT2D eigenvalue weighted by Crippen LogP contribution is -2.37. The SMILES string of the molecule is CN(C)S(=O)(=O)c1ccc(N(CC(=O)Nc2ccccc2Sc2ccccc2)S(C)(=O)=O)cc1. The van der Waals surface area contributed by atoms with E-state index in [-0.39, 0.29) is 10.6 Å². The molecule has 3 aromatic rings. The van der Waals surface area contributed by atoms with Gasteiger partial charge in [0.15, 0.2) is 0 Å². The van der Waals surface area contributed by atoms with Gasteiger partial charge in [0.2, 0.25) is 26.0 Å². The quantitative estimate of drug-likeness (QED) is 0.464. The molecule has 0 saturated heterocycles.